The van der Waals surface area contributed by atoms with Gasteiger partial charge in [0.2, 0.25) is 0 Å². The molecule has 1 unspecified atom stereocenters. The molecule has 1 atom stereocenters. The van der Waals surface area contributed by atoms with Gasteiger partial charge in [0.05, 0.1) is 38.7 Å². The first-order valence-corrected chi connectivity index (χ1v) is 11.3. The van der Waals surface area contributed by atoms with E-state index in [9.17, 15) is 13.2 Å². The summed E-state index contributed by atoms with van der Waals surface area (Å²) in [6.45, 7) is 1.85. The largest absolute Gasteiger partial charge is 0.338 e. The maximum atomic E-state index is 13.3. The van der Waals surface area contributed by atoms with Crippen LogP contribution in [0.4, 0.5) is 0 Å². The Bertz CT molecular complexity index is 1130. The van der Waals surface area contributed by atoms with Gasteiger partial charge in [-0.2, -0.15) is 5.10 Å². The van der Waals surface area contributed by atoms with Crippen molar-refractivity contribution in [3.05, 3.63) is 34.8 Å². The monoisotopic (exact) mass is 404 g/mol. The van der Waals surface area contributed by atoms with Gasteiger partial charge in [-0.25, -0.2) is 13.4 Å². The molecule has 0 spiro atoms. The molecule has 1 amide bonds. The molecule has 0 aromatic carbocycles. The molecule has 1 aliphatic heterocycles. The van der Waals surface area contributed by atoms with Crippen LogP contribution >= 0.6 is 11.3 Å². The van der Waals surface area contributed by atoms with Crippen molar-refractivity contribution >= 4 is 38.1 Å². The Kier molecular flexibility index (Phi) is 4.31. The maximum absolute atomic E-state index is 13.3. The lowest BCUT2D eigenvalue weighted by Gasteiger charge is -2.24. The second-order valence-corrected chi connectivity index (χ2v) is 10.1. The Hall–Kier alpha value is -2.26. The van der Waals surface area contributed by atoms with Gasteiger partial charge in [0.25, 0.3) is 5.91 Å². The summed E-state index contributed by atoms with van der Waals surface area (Å²) in [7, 11) is 0.417. The number of pyridine rings is 1. The molecule has 1 fully saturated rings. The van der Waals surface area contributed by atoms with Crippen LogP contribution in [0.15, 0.2) is 23.6 Å². The number of hydrogen-bond acceptors (Lipinski definition) is 6. The summed E-state index contributed by atoms with van der Waals surface area (Å²) in [4.78, 5) is 20.5. The summed E-state index contributed by atoms with van der Waals surface area (Å²) in [5.41, 5.74) is 2.61. The highest BCUT2D eigenvalue weighted by Crippen LogP contribution is 2.30. The molecule has 0 bridgehead atoms. The molecule has 9 heteroatoms. The number of amides is 1. The lowest BCUT2D eigenvalue weighted by atomic mass is 10.1. The van der Waals surface area contributed by atoms with Crippen LogP contribution in [0.5, 0.6) is 0 Å². The Balaban J connectivity index is 1.83. The fourth-order valence-corrected chi connectivity index (χ4v) is 6.06. The zero-order valence-electron chi connectivity index (χ0n) is 15.3. The Morgan fingerprint density at radius 1 is 1.41 bits per heavy atom. The van der Waals surface area contributed by atoms with Crippen LogP contribution in [-0.4, -0.2) is 58.6 Å². The van der Waals surface area contributed by atoms with Crippen molar-refractivity contribution in [1.29, 1.82) is 0 Å². The minimum Gasteiger partial charge on any atom is -0.338 e. The number of thiophene rings is 1. The van der Waals surface area contributed by atoms with E-state index in [-0.39, 0.29) is 23.5 Å². The van der Waals surface area contributed by atoms with Gasteiger partial charge in [0.15, 0.2) is 15.5 Å². The topological polar surface area (TPSA) is 85.2 Å². The van der Waals surface area contributed by atoms with E-state index >= 15 is 0 Å². The molecular formula is C18H20N4O3S2. The van der Waals surface area contributed by atoms with Crippen molar-refractivity contribution in [3.63, 3.8) is 0 Å². The van der Waals surface area contributed by atoms with Crippen LogP contribution in [0.1, 0.15) is 22.5 Å². The molecule has 3 aromatic rings. The van der Waals surface area contributed by atoms with Crippen molar-refractivity contribution in [1.82, 2.24) is 19.7 Å². The first-order valence-electron chi connectivity index (χ1n) is 8.62. The van der Waals surface area contributed by atoms with Crippen molar-refractivity contribution in [2.75, 3.05) is 18.6 Å². The number of sulfone groups is 1. The Morgan fingerprint density at radius 2 is 2.19 bits per heavy atom. The van der Waals surface area contributed by atoms with Gasteiger partial charge in [-0.05, 0) is 30.9 Å². The molecular weight excluding hydrogens is 384 g/mol. The van der Waals surface area contributed by atoms with E-state index < -0.39 is 9.84 Å². The number of rotatable bonds is 3. The average Bonchev–Trinajstić information content (AvgIpc) is 3.33. The number of aryl methyl sites for hydroxylation is 2. The average molecular weight is 405 g/mol. The van der Waals surface area contributed by atoms with Gasteiger partial charge in [0, 0.05) is 20.1 Å². The Morgan fingerprint density at radius 3 is 2.81 bits per heavy atom. The van der Waals surface area contributed by atoms with E-state index in [0.717, 1.165) is 21.7 Å². The van der Waals surface area contributed by atoms with E-state index in [1.165, 1.54) is 0 Å². The normalized spacial score (nSPS) is 18.9. The molecule has 7 nitrogen and oxygen atoms in total. The predicted octanol–water partition coefficient (Wildman–Crippen LogP) is 2.26. The summed E-state index contributed by atoms with van der Waals surface area (Å²) >= 11 is 1.55. The fraction of sp³-hybridized carbons (Fsp3) is 0.389. The highest BCUT2D eigenvalue weighted by atomic mass is 32.2. The molecule has 0 radical (unpaired) electrons. The third-order valence-electron chi connectivity index (χ3n) is 5.05. The minimum absolute atomic E-state index is 0.0211. The quantitative estimate of drug-likeness (QED) is 0.668. The van der Waals surface area contributed by atoms with Crippen molar-refractivity contribution < 1.29 is 13.2 Å². The van der Waals surface area contributed by atoms with Crippen LogP contribution in [0, 0.1) is 6.92 Å². The molecule has 1 saturated heterocycles. The van der Waals surface area contributed by atoms with Crippen LogP contribution in [0.25, 0.3) is 21.6 Å². The second kappa shape index (κ2) is 6.42. The SMILES string of the molecule is Cc1nn(C)c2nc(-c3cccs3)cc(C(=O)N(C)C3CCS(=O)(=O)C3)c12. The molecule has 142 valence electrons. The first kappa shape index (κ1) is 18.1. The summed E-state index contributed by atoms with van der Waals surface area (Å²) in [6.07, 6.45) is 0.475. The number of nitrogens with zero attached hydrogens (tertiary/aromatic N) is 4. The summed E-state index contributed by atoms with van der Waals surface area (Å²) < 4.78 is 25.3. The van der Waals surface area contributed by atoms with E-state index in [2.05, 4.69) is 5.10 Å². The maximum Gasteiger partial charge on any atom is 0.254 e. The highest BCUT2D eigenvalue weighted by molar-refractivity contribution is 7.91. The second-order valence-electron chi connectivity index (χ2n) is 6.91. The molecule has 4 heterocycles. The van der Waals surface area contributed by atoms with Gasteiger partial charge >= 0.3 is 0 Å². The summed E-state index contributed by atoms with van der Waals surface area (Å²) in [6, 6.07) is 5.40. The number of carbonyl (C=O) groups excluding carboxylic acids is 1. The van der Waals surface area contributed by atoms with Gasteiger partial charge in [0.1, 0.15) is 0 Å². The van der Waals surface area contributed by atoms with Crippen LogP contribution in [-0.2, 0) is 16.9 Å². The van der Waals surface area contributed by atoms with Gasteiger partial charge < -0.3 is 4.90 Å². The lowest BCUT2D eigenvalue weighted by Crippen LogP contribution is -2.38. The van der Waals surface area contributed by atoms with Crippen LogP contribution in [0.3, 0.4) is 0 Å². The first-order chi connectivity index (χ1) is 12.8. The van der Waals surface area contributed by atoms with Crippen LogP contribution in [0.2, 0.25) is 0 Å². The fourth-order valence-electron chi connectivity index (χ4n) is 3.60. The van der Waals surface area contributed by atoms with Gasteiger partial charge in [-0.3, -0.25) is 9.48 Å². The number of hydrogen-bond donors (Lipinski definition) is 0. The van der Waals surface area contributed by atoms with Crippen molar-refractivity contribution in [2.24, 2.45) is 7.05 Å². The van der Waals surface area contributed by atoms with E-state index in [0.29, 0.717) is 17.6 Å². The molecule has 1 aliphatic rings. The molecule has 0 aliphatic carbocycles. The molecule has 4 rings (SSSR count). The third-order valence-corrected chi connectivity index (χ3v) is 7.69. The minimum atomic E-state index is -3.07. The molecule has 27 heavy (non-hydrogen) atoms. The van der Waals surface area contributed by atoms with Gasteiger partial charge in [-0.15, -0.1) is 11.3 Å². The Labute approximate surface area is 161 Å². The number of fused-ring (bicyclic) bond motifs is 1. The van der Waals surface area contributed by atoms with Crippen LogP contribution < -0.4 is 0 Å². The summed E-state index contributed by atoms with van der Waals surface area (Å²) in [5, 5.41) is 7.11. The van der Waals surface area contributed by atoms with E-state index in [1.54, 1.807) is 34.0 Å². The third kappa shape index (κ3) is 3.14. The highest BCUT2D eigenvalue weighted by Gasteiger charge is 2.34. The standard InChI is InChI=1S/C18H20N4O3S2/c1-11-16-13(18(23)21(2)12-6-8-27(24,25)10-12)9-14(15-5-4-7-26-15)19-17(16)22(3)20-11/h4-5,7,9,12H,6,8,10H2,1-3H3. The zero-order chi connectivity index (χ0) is 19.3. The molecule has 0 N–H and O–H groups in total. The van der Waals surface area contributed by atoms with E-state index in [4.69, 9.17) is 4.98 Å². The van der Waals surface area contributed by atoms with Gasteiger partial charge in [-0.1, -0.05) is 6.07 Å². The molecule has 0 saturated carbocycles. The molecule has 3 aromatic heterocycles. The van der Waals surface area contributed by atoms with E-state index in [1.807, 2.05) is 31.5 Å². The summed E-state index contributed by atoms with van der Waals surface area (Å²) in [5.74, 6) is -0.0425. The van der Waals surface area contributed by atoms with Crippen molar-refractivity contribution in [2.45, 2.75) is 19.4 Å². The zero-order valence-corrected chi connectivity index (χ0v) is 17.0. The van der Waals surface area contributed by atoms with Crippen molar-refractivity contribution in [3.8, 4) is 10.6 Å². The lowest BCUT2D eigenvalue weighted by molar-refractivity contribution is 0.0749. The predicted molar refractivity (Wildman–Crippen MR) is 106 cm³/mol. The number of carbonyl (C=O) groups is 1. The number of aromatic nitrogens is 3. The smallest absolute Gasteiger partial charge is 0.254 e.